The van der Waals surface area contributed by atoms with Crippen molar-refractivity contribution in [1.29, 1.82) is 0 Å². The first-order valence-corrected chi connectivity index (χ1v) is 4.90. The zero-order valence-corrected chi connectivity index (χ0v) is 7.98. The van der Waals surface area contributed by atoms with Crippen LogP contribution in [0.4, 0.5) is 0 Å². The summed E-state index contributed by atoms with van der Waals surface area (Å²) in [6.45, 7) is 0.589. The number of esters is 1. The lowest BCUT2D eigenvalue weighted by molar-refractivity contribution is -0.143. The van der Waals surface area contributed by atoms with Crippen molar-refractivity contribution < 1.29 is 9.53 Å². The summed E-state index contributed by atoms with van der Waals surface area (Å²) in [6.07, 6.45) is 4.38. The molecule has 1 aromatic heterocycles. The van der Waals surface area contributed by atoms with Gasteiger partial charge in [0.15, 0.2) is 0 Å². The second-order valence-corrected chi connectivity index (χ2v) is 3.62. The number of rotatable bonds is 4. The van der Waals surface area contributed by atoms with E-state index in [0.29, 0.717) is 12.5 Å². The molecule has 0 unspecified atom stereocenters. The van der Waals surface area contributed by atoms with Crippen LogP contribution < -0.4 is 0 Å². The molecule has 1 aliphatic rings. The molecule has 0 saturated heterocycles. The Morgan fingerprint density at radius 2 is 2.36 bits per heavy atom. The van der Waals surface area contributed by atoms with E-state index in [4.69, 9.17) is 4.74 Å². The molecule has 2 rings (SSSR count). The van der Waals surface area contributed by atoms with Crippen molar-refractivity contribution in [3.05, 3.63) is 30.1 Å². The van der Waals surface area contributed by atoms with Gasteiger partial charge in [-0.3, -0.25) is 9.78 Å². The third-order valence-electron chi connectivity index (χ3n) is 2.23. The van der Waals surface area contributed by atoms with Crippen LogP contribution in [0.1, 0.15) is 18.5 Å². The molecule has 0 amide bonds. The van der Waals surface area contributed by atoms with Crippen molar-refractivity contribution in [2.24, 2.45) is 5.92 Å². The molecule has 1 saturated carbocycles. The number of nitrogens with zero attached hydrogens (tertiary/aromatic N) is 1. The van der Waals surface area contributed by atoms with Crippen LogP contribution in [0.15, 0.2) is 24.4 Å². The van der Waals surface area contributed by atoms with Crippen molar-refractivity contribution in [2.75, 3.05) is 6.61 Å². The molecule has 0 aliphatic heterocycles. The third kappa shape index (κ3) is 2.83. The number of hydrogen-bond donors (Lipinski definition) is 0. The van der Waals surface area contributed by atoms with Crippen LogP contribution in [-0.4, -0.2) is 17.6 Å². The van der Waals surface area contributed by atoms with E-state index in [0.717, 1.165) is 5.69 Å². The molecule has 0 bridgehead atoms. The molecule has 0 atom stereocenters. The maximum atomic E-state index is 11.3. The van der Waals surface area contributed by atoms with Gasteiger partial charge >= 0.3 is 5.97 Å². The van der Waals surface area contributed by atoms with E-state index in [1.807, 2.05) is 18.2 Å². The minimum absolute atomic E-state index is 0.171. The molecule has 3 heteroatoms. The highest BCUT2D eigenvalue weighted by molar-refractivity contribution is 5.71. The Morgan fingerprint density at radius 3 is 3.00 bits per heavy atom. The lowest BCUT2D eigenvalue weighted by Crippen LogP contribution is -2.10. The lowest BCUT2D eigenvalue weighted by Gasteiger charge is -2.02. The smallest absolute Gasteiger partial charge is 0.311 e. The standard InChI is InChI=1S/C11H13NO2/c13-11(14-8-9-4-5-9)7-10-3-1-2-6-12-10/h1-3,6,9H,4-5,7-8H2. The average Bonchev–Trinajstić information content (AvgIpc) is 3.00. The van der Waals surface area contributed by atoms with Crippen LogP contribution in [0.5, 0.6) is 0 Å². The van der Waals surface area contributed by atoms with Crippen molar-refractivity contribution in [1.82, 2.24) is 4.98 Å². The second-order valence-electron chi connectivity index (χ2n) is 3.62. The number of aromatic nitrogens is 1. The Kier molecular flexibility index (Phi) is 2.77. The topological polar surface area (TPSA) is 39.2 Å². The van der Waals surface area contributed by atoms with E-state index < -0.39 is 0 Å². The van der Waals surface area contributed by atoms with Gasteiger partial charge in [0, 0.05) is 6.20 Å². The molecular formula is C11H13NO2. The van der Waals surface area contributed by atoms with E-state index in [9.17, 15) is 4.79 Å². The van der Waals surface area contributed by atoms with Crippen molar-refractivity contribution in [3.63, 3.8) is 0 Å². The summed E-state index contributed by atoms with van der Waals surface area (Å²) < 4.78 is 5.09. The number of hydrogen-bond acceptors (Lipinski definition) is 3. The Bertz CT molecular complexity index is 306. The number of ether oxygens (including phenoxy) is 1. The SMILES string of the molecule is O=C(Cc1ccccn1)OCC1CC1. The monoisotopic (exact) mass is 191 g/mol. The van der Waals surface area contributed by atoms with E-state index in [1.165, 1.54) is 12.8 Å². The zero-order chi connectivity index (χ0) is 9.80. The summed E-state index contributed by atoms with van der Waals surface area (Å²) in [6, 6.07) is 5.54. The maximum absolute atomic E-state index is 11.3. The van der Waals surface area contributed by atoms with Crippen LogP contribution in [0.25, 0.3) is 0 Å². The van der Waals surface area contributed by atoms with Crippen molar-refractivity contribution in [3.8, 4) is 0 Å². The Morgan fingerprint density at radius 1 is 1.50 bits per heavy atom. The molecule has 1 aromatic rings. The summed E-state index contributed by atoms with van der Waals surface area (Å²) in [7, 11) is 0. The van der Waals surface area contributed by atoms with E-state index in [-0.39, 0.29) is 12.4 Å². The predicted molar refractivity (Wildman–Crippen MR) is 51.6 cm³/mol. The molecule has 14 heavy (non-hydrogen) atoms. The van der Waals surface area contributed by atoms with Gasteiger partial charge in [-0.2, -0.15) is 0 Å². The molecule has 1 fully saturated rings. The van der Waals surface area contributed by atoms with Crippen LogP contribution >= 0.6 is 0 Å². The fraction of sp³-hybridized carbons (Fsp3) is 0.455. The highest BCUT2D eigenvalue weighted by Gasteiger charge is 2.22. The molecular weight excluding hydrogens is 178 g/mol. The summed E-state index contributed by atoms with van der Waals surface area (Å²) in [5.41, 5.74) is 0.772. The quantitative estimate of drug-likeness (QED) is 0.678. The first-order valence-electron chi connectivity index (χ1n) is 4.90. The van der Waals surface area contributed by atoms with E-state index >= 15 is 0 Å². The number of pyridine rings is 1. The minimum Gasteiger partial charge on any atom is -0.465 e. The third-order valence-corrected chi connectivity index (χ3v) is 2.23. The van der Waals surface area contributed by atoms with Gasteiger partial charge in [-0.15, -0.1) is 0 Å². The largest absolute Gasteiger partial charge is 0.465 e. The second kappa shape index (κ2) is 4.22. The van der Waals surface area contributed by atoms with Gasteiger partial charge in [-0.1, -0.05) is 6.07 Å². The van der Waals surface area contributed by atoms with Gasteiger partial charge in [0.25, 0.3) is 0 Å². The number of carbonyl (C=O) groups is 1. The lowest BCUT2D eigenvalue weighted by atomic mass is 10.3. The van der Waals surface area contributed by atoms with Gasteiger partial charge in [0.05, 0.1) is 18.7 Å². The molecule has 1 aliphatic carbocycles. The molecule has 0 radical (unpaired) electrons. The van der Waals surface area contributed by atoms with E-state index in [2.05, 4.69) is 4.98 Å². The van der Waals surface area contributed by atoms with Crippen molar-refractivity contribution in [2.45, 2.75) is 19.3 Å². The maximum Gasteiger partial charge on any atom is 0.311 e. The summed E-state index contributed by atoms with van der Waals surface area (Å²) in [5.74, 6) is 0.457. The van der Waals surface area contributed by atoms with Crippen LogP contribution in [-0.2, 0) is 16.0 Å². The Labute approximate surface area is 83.1 Å². The normalized spacial score (nSPS) is 15.1. The molecule has 0 spiro atoms. The Hall–Kier alpha value is -1.38. The molecule has 3 nitrogen and oxygen atoms in total. The predicted octanol–water partition coefficient (Wildman–Crippen LogP) is 1.58. The van der Waals surface area contributed by atoms with Crippen LogP contribution in [0, 0.1) is 5.92 Å². The summed E-state index contributed by atoms with van der Waals surface area (Å²) in [5, 5.41) is 0. The molecule has 74 valence electrons. The van der Waals surface area contributed by atoms with Gasteiger partial charge in [0.2, 0.25) is 0 Å². The molecule has 0 aromatic carbocycles. The zero-order valence-electron chi connectivity index (χ0n) is 7.98. The van der Waals surface area contributed by atoms with Gasteiger partial charge in [0.1, 0.15) is 0 Å². The molecule has 0 N–H and O–H groups in total. The minimum atomic E-state index is -0.171. The average molecular weight is 191 g/mol. The van der Waals surface area contributed by atoms with Crippen LogP contribution in [0.2, 0.25) is 0 Å². The molecule has 1 heterocycles. The highest BCUT2D eigenvalue weighted by Crippen LogP contribution is 2.28. The van der Waals surface area contributed by atoms with Crippen LogP contribution in [0.3, 0.4) is 0 Å². The number of carbonyl (C=O) groups excluding carboxylic acids is 1. The van der Waals surface area contributed by atoms with E-state index in [1.54, 1.807) is 6.20 Å². The van der Waals surface area contributed by atoms with Gasteiger partial charge in [-0.05, 0) is 30.9 Å². The summed E-state index contributed by atoms with van der Waals surface area (Å²) in [4.78, 5) is 15.3. The van der Waals surface area contributed by atoms with Crippen molar-refractivity contribution >= 4 is 5.97 Å². The van der Waals surface area contributed by atoms with Gasteiger partial charge in [-0.25, -0.2) is 0 Å². The first-order chi connectivity index (χ1) is 6.84. The fourth-order valence-electron chi connectivity index (χ4n) is 1.20. The van der Waals surface area contributed by atoms with Gasteiger partial charge < -0.3 is 4.74 Å². The first kappa shape index (κ1) is 9.19. The summed E-state index contributed by atoms with van der Waals surface area (Å²) >= 11 is 0. The fourth-order valence-corrected chi connectivity index (χ4v) is 1.20. The highest BCUT2D eigenvalue weighted by atomic mass is 16.5. The Balaban J connectivity index is 1.76.